The Morgan fingerprint density at radius 3 is 1.86 bits per heavy atom. The van der Waals surface area contributed by atoms with Crippen molar-refractivity contribution in [3.63, 3.8) is 0 Å². The molecule has 3 aliphatic carbocycles. The van der Waals surface area contributed by atoms with E-state index >= 15 is 0 Å². The van der Waals surface area contributed by atoms with E-state index in [0.29, 0.717) is 0 Å². The van der Waals surface area contributed by atoms with Crippen LogP contribution < -0.4 is 10.4 Å². The third-order valence-corrected chi connectivity index (χ3v) is 13.1. The standard InChI is InChI=1S/C55H40O/c1-55(2)47-31-28-34(32-46(47)51-42-24-12-13-25-44(42)54-52(53(51)55)45-26-14-15-27-48(45)56-54)49-38-20-8-10-22-40(38)50(41-23-11-9-21-39(41)49)43-30-29-35(33-16-4-3-5-17-33)36-18-6-7-19-37(36)43/h3-8,10,12-13,15-25,27-32H,9,11,14,26H2,1-2H3. The summed E-state index contributed by atoms with van der Waals surface area (Å²) in [5.41, 5.74) is 15.6. The summed E-state index contributed by atoms with van der Waals surface area (Å²) < 4.78 is 6.73. The molecule has 0 fully saturated rings. The Kier molecular flexibility index (Phi) is 6.70. The lowest BCUT2D eigenvalue weighted by atomic mass is 9.78. The maximum Gasteiger partial charge on any atom is 0.143 e. The molecular formula is C55H40O. The Morgan fingerprint density at radius 1 is 0.500 bits per heavy atom. The van der Waals surface area contributed by atoms with Crippen LogP contribution in [0.3, 0.4) is 0 Å². The lowest BCUT2D eigenvalue weighted by Crippen LogP contribution is -2.31. The van der Waals surface area contributed by atoms with E-state index in [1.807, 2.05) is 0 Å². The van der Waals surface area contributed by atoms with Gasteiger partial charge in [-0.3, -0.25) is 0 Å². The van der Waals surface area contributed by atoms with Crippen LogP contribution in [-0.4, -0.2) is 0 Å². The summed E-state index contributed by atoms with van der Waals surface area (Å²) in [5, 5.41) is 11.7. The Morgan fingerprint density at radius 2 is 1.11 bits per heavy atom. The summed E-state index contributed by atoms with van der Waals surface area (Å²) in [4.78, 5) is 0. The van der Waals surface area contributed by atoms with Gasteiger partial charge in [0.25, 0.3) is 0 Å². The van der Waals surface area contributed by atoms with Crippen molar-refractivity contribution in [3.05, 3.63) is 172 Å². The van der Waals surface area contributed by atoms with Crippen LogP contribution in [0.5, 0.6) is 0 Å². The molecule has 1 heteroatoms. The average Bonchev–Trinajstić information content (AvgIpc) is 3.75. The van der Waals surface area contributed by atoms with Crippen molar-refractivity contribution >= 4 is 61.5 Å². The van der Waals surface area contributed by atoms with E-state index in [2.05, 4.69) is 172 Å². The topological polar surface area (TPSA) is 13.1 Å². The molecule has 0 unspecified atom stereocenters. The largest absolute Gasteiger partial charge is 0.456 e. The third kappa shape index (κ3) is 4.32. The second-order valence-electron chi connectivity index (χ2n) is 16.5. The van der Waals surface area contributed by atoms with Gasteiger partial charge in [0.05, 0.1) is 0 Å². The number of aryl methyl sites for hydroxylation is 1. The quantitative estimate of drug-likeness (QED) is 0.177. The van der Waals surface area contributed by atoms with Crippen molar-refractivity contribution in [1.29, 1.82) is 0 Å². The monoisotopic (exact) mass is 716 g/mol. The summed E-state index contributed by atoms with van der Waals surface area (Å²) in [6.07, 6.45) is 13.6. The van der Waals surface area contributed by atoms with Gasteiger partial charge in [0.15, 0.2) is 0 Å². The highest BCUT2D eigenvalue weighted by molar-refractivity contribution is 6.18. The number of furan rings is 1. The Labute approximate surface area is 326 Å². The first-order chi connectivity index (χ1) is 27.6. The Bertz CT molecular complexity index is 3320. The summed E-state index contributed by atoms with van der Waals surface area (Å²) in [6, 6.07) is 49.9. The smallest absolute Gasteiger partial charge is 0.143 e. The second kappa shape index (κ2) is 11.8. The zero-order valence-corrected chi connectivity index (χ0v) is 31.7. The van der Waals surface area contributed by atoms with Crippen molar-refractivity contribution in [1.82, 2.24) is 0 Å². The molecule has 0 amide bonds. The minimum Gasteiger partial charge on any atom is -0.456 e. The molecule has 0 bridgehead atoms. The highest BCUT2D eigenvalue weighted by Crippen LogP contribution is 2.57. The normalized spacial score (nSPS) is 15.0. The maximum atomic E-state index is 6.73. The molecule has 1 aromatic heterocycles. The van der Waals surface area contributed by atoms with Crippen LogP contribution in [0.4, 0.5) is 0 Å². The molecule has 0 N–H and O–H groups in total. The van der Waals surface area contributed by atoms with Crippen molar-refractivity contribution in [2.75, 3.05) is 0 Å². The van der Waals surface area contributed by atoms with Crippen molar-refractivity contribution in [3.8, 4) is 44.5 Å². The first-order valence-corrected chi connectivity index (χ1v) is 20.2. The summed E-state index contributed by atoms with van der Waals surface area (Å²) in [6.45, 7) is 4.84. The van der Waals surface area contributed by atoms with Gasteiger partial charge in [0.1, 0.15) is 11.3 Å². The molecule has 266 valence electrons. The van der Waals surface area contributed by atoms with E-state index in [1.165, 1.54) is 109 Å². The number of benzene rings is 8. The molecule has 0 aliphatic heterocycles. The molecule has 12 rings (SSSR count). The third-order valence-electron chi connectivity index (χ3n) is 13.1. The van der Waals surface area contributed by atoms with E-state index in [-0.39, 0.29) is 5.41 Å². The molecule has 56 heavy (non-hydrogen) atoms. The van der Waals surface area contributed by atoms with Crippen molar-refractivity contribution < 1.29 is 4.42 Å². The lowest BCUT2D eigenvalue weighted by molar-refractivity contribution is 0.598. The number of fused-ring (bicyclic) bond motifs is 13. The van der Waals surface area contributed by atoms with Gasteiger partial charge in [-0.1, -0.05) is 159 Å². The van der Waals surface area contributed by atoms with Gasteiger partial charge in [0, 0.05) is 21.8 Å². The molecule has 1 heterocycles. The highest BCUT2D eigenvalue weighted by Gasteiger charge is 2.41. The Hall–Kier alpha value is -6.44. The predicted octanol–water partition coefficient (Wildman–Crippen LogP) is 13.5. The van der Waals surface area contributed by atoms with Gasteiger partial charge in [-0.15, -0.1) is 0 Å². The van der Waals surface area contributed by atoms with Crippen LogP contribution in [-0.2, 0) is 11.8 Å². The molecule has 0 radical (unpaired) electrons. The SMILES string of the molecule is CC1(C)c2ccc(-c3c4c(c(-c5ccc(-c6ccccc6)c6ccccc56)c5ccccc35)=CCCC=4)cc2-c2c1c1c3c(oc1c1ccccc21)C=CCC3. The minimum absolute atomic E-state index is 0.178. The molecule has 3 aliphatic rings. The van der Waals surface area contributed by atoms with Crippen molar-refractivity contribution in [2.45, 2.75) is 44.9 Å². The predicted molar refractivity (Wildman–Crippen MR) is 237 cm³/mol. The van der Waals surface area contributed by atoms with Gasteiger partial charge in [-0.25, -0.2) is 0 Å². The molecule has 1 nitrogen and oxygen atoms in total. The van der Waals surface area contributed by atoms with Gasteiger partial charge in [-0.2, -0.15) is 0 Å². The van der Waals surface area contributed by atoms with Crippen LogP contribution in [0, 0.1) is 0 Å². The van der Waals surface area contributed by atoms with Gasteiger partial charge >= 0.3 is 0 Å². The molecule has 0 spiro atoms. The minimum atomic E-state index is -0.178. The van der Waals surface area contributed by atoms with Crippen LogP contribution in [0.2, 0.25) is 0 Å². The fourth-order valence-corrected chi connectivity index (χ4v) is 10.7. The van der Waals surface area contributed by atoms with Crippen LogP contribution >= 0.6 is 0 Å². The zero-order chi connectivity index (χ0) is 37.1. The number of rotatable bonds is 3. The van der Waals surface area contributed by atoms with E-state index in [1.54, 1.807) is 0 Å². The summed E-state index contributed by atoms with van der Waals surface area (Å²) in [7, 11) is 0. The fraction of sp³-hybridized carbons (Fsp3) is 0.127. The molecule has 8 aromatic carbocycles. The van der Waals surface area contributed by atoms with E-state index < -0.39 is 0 Å². The summed E-state index contributed by atoms with van der Waals surface area (Å²) >= 11 is 0. The van der Waals surface area contributed by atoms with Gasteiger partial charge < -0.3 is 4.42 Å². The fourth-order valence-electron chi connectivity index (χ4n) is 10.7. The zero-order valence-electron chi connectivity index (χ0n) is 31.7. The Balaban J connectivity index is 1.14. The molecule has 0 atom stereocenters. The average molecular weight is 717 g/mol. The van der Waals surface area contributed by atoms with E-state index in [9.17, 15) is 0 Å². The molecule has 0 saturated heterocycles. The highest BCUT2D eigenvalue weighted by atomic mass is 16.3. The van der Waals surface area contributed by atoms with Crippen LogP contribution in [0.1, 0.15) is 55.6 Å². The lowest BCUT2D eigenvalue weighted by Gasteiger charge is -2.24. The van der Waals surface area contributed by atoms with Crippen molar-refractivity contribution in [2.24, 2.45) is 0 Å². The second-order valence-corrected chi connectivity index (χ2v) is 16.5. The first-order valence-electron chi connectivity index (χ1n) is 20.2. The van der Waals surface area contributed by atoms with Gasteiger partial charge in [-0.05, 0) is 131 Å². The van der Waals surface area contributed by atoms with Crippen LogP contribution in [0.15, 0.2) is 144 Å². The number of hydrogen-bond acceptors (Lipinski definition) is 1. The number of hydrogen-bond donors (Lipinski definition) is 0. The molecule has 0 saturated carbocycles. The summed E-state index contributed by atoms with van der Waals surface area (Å²) in [5.74, 6) is 1.03. The van der Waals surface area contributed by atoms with E-state index in [4.69, 9.17) is 4.42 Å². The maximum absolute atomic E-state index is 6.73. The number of allylic oxidation sites excluding steroid dienone is 1. The van der Waals surface area contributed by atoms with E-state index in [0.717, 1.165) is 37.0 Å². The van der Waals surface area contributed by atoms with Crippen LogP contribution in [0.25, 0.3) is 106 Å². The molecule has 9 aromatic rings. The molecular weight excluding hydrogens is 677 g/mol. The first kappa shape index (κ1) is 31.9. The van der Waals surface area contributed by atoms with Gasteiger partial charge in [0.2, 0.25) is 0 Å².